The van der Waals surface area contributed by atoms with Crippen LogP contribution in [0.15, 0.2) is 5.38 Å². The van der Waals surface area contributed by atoms with E-state index in [9.17, 15) is 0 Å². The summed E-state index contributed by atoms with van der Waals surface area (Å²) in [5.41, 5.74) is 7.32. The Morgan fingerprint density at radius 1 is 1.67 bits per heavy atom. The highest BCUT2D eigenvalue weighted by Gasteiger charge is 2.33. The van der Waals surface area contributed by atoms with Gasteiger partial charge in [0, 0.05) is 23.0 Å². The van der Waals surface area contributed by atoms with Crippen LogP contribution >= 0.6 is 11.3 Å². The van der Waals surface area contributed by atoms with Gasteiger partial charge in [-0.1, -0.05) is 0 Å². The quantitative estimate of drug-likeness (QED) is 0.758. The summed E-state index contributed by atoms with van der Waals surface area (Å²) in [6.45, 7) is 2.03. The summed E-state index contributed by atoms with van der Waals surface area (Å²) in [4.78, 5) is 4.42. The second kappa shape index (κ2) is 2.82. The third kappa shape index (κ3) is 1.52. The Balaban J connectivity index is 2.03. The first-order valence-corrected chi connectivity index (χ1v) is 5.26. The summed E-state index contributed by atoms with van der Waals surface area (Å²) < 4.78 is 0. The number of nitrogens with two attached hydrogens (primary N) is 1. The lowest BCUT2D eigenvalue weighted by atomic mass is 9.75. The molecule has 1 aliphatic carbocycles. The summed E-state index contributed by atoms with van der Waals surface area (Å²) in [6, 6.07) is 0. The van der Waals surface area contributed by atoms with E-state index in [2.05, 4.69) is 10.4 Å². The van der Waals surface area contributed by atoms with Gasteiger partial charge in [-0.3, -0.25) is 0 Å². The molecule has 1 aliphatic rings. The first-order chi connectivity index (χ1) is 5.68. The zero-order chi connectivity index (χ0) is 8.60. The van der Waals surface area contributed by atoms with Gasteiger partial charge in [0.05, 0.1) is 5.01 Å². The van der Waals surface area contributed by atoms with Gasteiger partial charge in [-0.2, -0.15) is 0 Å². The Labute approximate surface area is 76.8 Å². The molecular formula is C9H14N2S. The lowest BCUT2D eigenvalue weighted by Crippen LogP contribution is -2.48. The Kier molecular flexibility index (Phi) is 1.93. The zero-order valence-electron chi connectivity index (χ0n) is 7.34. The normalized spacial score (nSPS) is 20.5. The van der Waals surface area contributed by atoms with Crippen LogP contribution in [-0.2, 0) is 6.42 Å². The maximum absolute atomic E-state index is 6.11. The second-order valence-corrected chi connectivity index (χ2v) is 4.72. The second-order valence-electron chi connectivity index (χ2n) is 3.78. The van der Waals surface area contributed by atoms with Crippen LogP contribution in [0.5, 0.6) is 0 Å². The monoisotopic (exact) mass is 182 g/mol. The average molecular weight is 182 g/mol. The Bertz CT molecular complexity index is 276. The summed E-state index contributed by atoms with van der Waals surface area (Å²) in [5, 5.41) is 3.30. The molecule has 0 atom stereocenters. The summed E-state index contributed by atoms with van der Waals surface area (Å²) in [5.74, 6) is 0. The molecular weight excluding hydrogens is 168 g/mol. The topological polar surface area (TPSA) is 38.9 Å². The van der Waals surface area contributed by atoms with Crippen LogP contribution in [0.25, 0.3) is 0 Å². The van der Waals surface area contributed by atoms with Crippen LogP contribution in [0.3, 0.4) is 0 Å². The van der Waals surface area contributed by atoms with E-state index in [1.165, 1.54) is 24.3 Å². The SMILES string of the molecule is Cc1csc(CC2(N)CCC2)n1. The highest BCUT2D eigenvalue weighted by molar-refractivity contribution is 7.09. The number of aromatic nitrogens is 1. The van der Waals surface area contributed by atoms with Crippen LogP contribution in [0.4, 0.5) is 0 Å². The van der Waals surface area contributed by atoms with Crippen LogP contribution in [-0.4, -0.2) is 10.5 Å². The largest absolute Gasteiger partial charge is 0.325 e. The highest BCUT2D eigenvalue weighted by atomic mass is 32.1. The first-order valence-electron chi connectivity index (χ1n) is 4.38. The third-order valence-corrected chi connectivity index (χ3v) is 3.49. The molecule has 0 aromatic carbocycles. The minimum Gasteiger partial charge on any atom is -0.325 e. The molecule has 1 saturated carbocycles. The van der Waals surface area contributed by atoms with Crippen LogP contribution in [0.1, 0.15) is 30.0 Å². The van der Waals surface area contributed by atoms with Crippen molar-refractivity contribution in [1.82, 2.24) is 4.98 Å². The van der Waals surface area contributed by atoms with E-state index in [1.807, 2.05) is 6.92 Å². The minimum absolute atomic E-state index is 0.0876. The van der Waals surface area contributed by atoms with Gasteiger partial charge < -0.3 is 5.73 Å². The lowest BCUT2D eigenvalue weighted by molar-refractivity contribution is 0.247. The highest BCUT2D eigenvalue weighted by Crippen LogP contribution is 2.32. The molecule has 1 heterocycles. The van der Waals surface area contributed by atoms with E-state index in [1.54, 1.807) is 11.3 Å². The van der Waals surface area contributed by atoms with Crippen molar-refractivity contribution in [3.63, 3.8) is 0 Å². The van der Waals surface area contributed by atoms with Gasteiger partial charge in [0.1, 0.15) is 0 Å². The summed E-state index contributed by atoms with van der Waals surface area (Å²) >= 11 is 1.73. The van der Waals surface area contributed by atoms with Crippen molar-refractivity contribution in [3.8, 4) is 0 Å². The Morgan fingerprint density at radius 2 is 2.42 bits per heavy atom. The number of thiazole rings is 1. The van der Waals surface area contributed by atoms with Gasteiger partial charge in [-0.05, 0) is 26.2 Å². The summed E-state index contributed by atoms with van der Waals surface area (Å²) in [7, 11) is 0. The van der Waals surface area contributed by atoms with Crippen LogP contribution in [0.2, 0.25) is 0 Å². The number of hydrogen-bond acceptors (Lipinski definition) is 3. The van der Waals surface area contributed by atoms with Crippen molar-refractivity contribution in [2.24, 2.45) is 5.73 Å². The van der Waals surface area contributed by atoms with E-state index in [0.717, 1.165) is 12.1 Å². The van der Waals surface area contributed by atoms with Crippen molar-refractivity contribution in [3.05, 3.63) is 16.1 Å². The number of aryl methyl sites for hydroxylation is 1. The molecule has 0 radical (unpaired) electrons. The van der Waals surface area contributed by atoms with Crippen LogP contribution < -0.4 is 5.73 Å². The fourth-order valence-corrected chi connectivity index (χ4v) is 2.52. The smallest absolute Gasteiger partial charge is 0.0946 e. The molecule has 0 saturated heterocycles. The molecule has 12 heavy (non-hydrogen) atoms. The fourth-order valence-electron chi connectivity index (χ4n) is 1.59. The Morgan fingerprint density at radius 3 is 2.83 bits per heavy atom. The molecule has 3 heteroatoms. The van der Waals surface area contributed by atoms with Gasteiger partial charge >= 0.3 is 0 Å². The molecule has 0 spiro atoms. The van der Waals surface area contributed by atoms with Gasteiger partial charge in [0.15, 0.2) is 0 Å². The predicted octanol–water partition coefficient (Wildman–Crippen LogP) is 1.88. The number of hydrogen-bond donors (Lipinski definition) is 1. The van der Waals surface area contributed by atoms with Crippen molar-refractivity contribution in [2.45, 2.75) is 38.1 Å². The van der Waals surface area contributed by atoms with Crippen LogP contribution in [0, 0.1) is 6.92 Å². The molecule has 0 bridgehead atoms. The van der Waals surface area contributed by atoms with Crippen molar-refractivity contribution in [2.75, 3.05) is 0 Å². The van der Waals surface area contributed by atoms with E-state index in [4.69, 9.17) is 5.73 Å². The molecule has 0 amide bonds. The van der Waals surface area contributed by atoms with E-state index >= 15 is 0 Å². The van der Waals surface area contributed by atoms with Gasteiger partial charge in [-0.25, -0.2) is 4.98 Å². The maximum Gasteiger partial charge on any atom is 0.0946 e. The third-order valence-electron chi connectivity index (χ3n) is 2.52. The zero-order valence-corrected chi connectivity index (χ0v) is 8.16. The first kappa shape index (κ1) is 8.20. The predicted molar refractivity (Wildman–Crippen MR) is 51.3 cm³/mol. The molecule has 0 aliphatic heterocycles. The van der Waals surface area contributed by atoms with Gasteiger partial charge in [-0.15, -0.1) is 11.3 Å². The van der Waals surface area contributed by atoms with Crippen molar-refractivity contribution < 1.29 is 0 Å². The average Bonchev–Trinajstić information content (AvgIpc) is 2.32. The molecule has 66 valence electrons. The Hall–Kier alpha value is -0.410. The van der Waals surface area contributed by atoms with E-state index in [-0.39, 0.29) is 5.54 Å². The molecule has 0 unspecified atom stereocenters. The maximum atomic E-state index is 6.11. The summed E-state index contributed by atoms with van der Waals surface area (Å²) in [6.07, 6.45) is 4.61. The molecule has 2 rings (SSSR count). The van der Waals surface area contributed by atoms with Gasteiger partial charge in [0.25, 0.3) is 0 Å². The lowest BCUT2D eigenvalue weighted by Gasteiger charge is -2.37. The van der Waals surface area contributed by atoms with E-state index < -0.39 is 0 Å². The fraction of sp³-hybridized carbons (Fsp3) is 0.667. The minimum atomic E-state index is 0.0876. The van der Waals surface area contributed by atoms with Crippen molar-refractivity contribution >= 4 is 11.3 Å². The number of nitrogens with zero attached hydrogens (tertiary/aromatic N) is 1. The van der Waals surface area contributed by atoms with E-state index in [0.29, 0.717) is 0 Å². The number of rotatable bonds is 2. The van der Waals surface area contributed by atoms with Gasteiger partial charge in [0.2, 0.25) is 0 Å². The standard InChI is InChI=1S/C9H14N2S/c1-7-6-12-8(11-7)5-9(10)3-2-4-9/h6H,2-5,10H2,1H3. The molecule has 2 nitrogen and oxygen atoms in total. The molecule has 2 N–H and O–H groups in total. The van der Waals surface area contributed by atoms with Crippen molar-refractivity contribution in [1.29, 1.82) is 0 Å². The molecule has 1 aromatic heterocycles. The molecule has 1 aromatic rings. The molecule has 1 fully saturated rings.